The molecule has 1 aliphatic carbocycles. The molecule has 1 aromatic rings. The first kappa shape index (κ1) is 12.9. The number of alkyl halides is 1. The van der Waals surface area contributed by atoms with Crippen LogP contribution in [0.4, 0.5) is 0 Å². The normalized spacial score (nSPS) is 18.4. The van der Waals surface area contributed by atoms with Crippen molar-refractivity contribution in [3.63, 3.8) is 0 Å². The minimum absolute atomic E-state index is 0.809. The van der Waals surface area contributed by atoms with E-state index in [2.05, 4.69) is 53.2 Å². The van der Waals surface area contributed by atoms with Crippen LogP contribution in [0.1, 0.15) is 43.2 Å². The van der Waals surface area contributed by atoms with Crippen LogP contribution in [-0.2, 0) is 0 Å². The Morgan fingerprint density at radius 1 is 1.29 bits per heavy atom. The average Bonchev–Trinajstić information content (AvgIpc) is 2.37. The van der Waals surface area contributed by atoms with Crippen LogP contribution < -0.4 is 0 Å². The number of allylic oxidation sites excluding steroid dienone is 1. The van der Waals surface area contributed by atoms with E-state index in [1.807, 2.05) is 0 Å². The summed E-state index contributed by atoms with van der Waals surface area (Å²) in [4.78, 5) is 0. The zero-order chi connectivity index (χ0) is 12.1. The molecule has 0 atom stereocenters. The zero-order valence-electron chi connectivity index (χ0n) is 10.6. The standard InChI is InChI=1S/C16H21Br/c1-13-6-5-7-14(10-13)11-16(12-17)15-8-3-2-4-9-15/h5-7,10-11,15H,2-4,8-9,12H2,1H3. The Bertz CT molecular complexity index is 386. The predicted octanol–water partition coefficient (Wildman–Crippen LogP) is 5.35. The number of aryl methyl sites for hydroxylation is 1. The lowest BCUT2D eigenvalue weighted by atomic mass is 9.84. The summed E-state index contributed by atoms with van der Waals surface area (Å²) in [6.45, 7) is 2.16. The van der Waals surface area contributed by atoms with E-state index in [4.69, 9.17) is 0 Å². The van der Waals surface area contributed by atoms with Crippen LogP contribution >= 0.6 is 15.9 Å². The van der Waals surface area contributed by atoms with Gasteiger partial charge in [-0.25, -0.2) is 0 Å². The van der Waals surface area contributed by atoms with Crippen molar-refractivity contribution >= 4 is 22.0 Å². The minimum atomic E-state index is 0.809. The van der Waals surface area contributed by atoms with Crippen LogP contribution in [-0.4, -0.2) is 5.33 Å². The van der Waals surface area contributed by atoms with Crippen LogP contribution in [0.25, 0.3) is 6.08 Å². The quantitative estimate of drug-likeness (QED) is 0.659. The van der Waals surface area contributed by atoms with Crippen molar-refractivity contribution < 1.29 is 0 Å². The van der Waals surface area contributed by atoms with Crippen LogP contribution in [0.2, 0.25) is 0 Å². The molecule has 0 aliphatic heterocycles. The van der Waals surface area contributed by atoms with Crippen molar-refractivity contribution in [1.82, 2.24) is 0 Å². The number of halogens is 1. The Hall–Kier alpha value is -0.560. The van der Waals surface area contributed by atoms with Gasteiger partial charge in [0, 0.05) is 5.33 Å². The van der Waals surface area contributed by atoms with Gasteiger partial charge in [0.15, 0.2) is 0 Å². The van der Waals surface area contributed by atoms with E-state index in [9.17, 15) is 0 Å². The second-order valence-electron chi connectivity index (χ2n) is 5.10. The Balaban J connectivity index is 2.16. The lowest BCUT2D eigenvalue weighted by Crippen LogP contribution is -2.10. The third kappa shape index (κ3) is 3.70. The molecule has 1 aliphatic rings. The molecule has 1 heteroatoms. The van der Waals surface area contributed by atoms with Crippen LogP contribution in [0, 0.1) is 12.8 Å². The molecule has 17 heavy (non-hydrogen) atoms. The summed E-state index contributed by atoms with van der Waals surface area (Å²) >= 11 is 3.66. The summed E-state index contributed by atoms with van der Waals surface area (Å²) < 4.78 is 0. The van der Waals surface area contributed by atoms with Crippen molar-refractivity contribution in [2.24, 2.45) is 5.92 Å². The molecule has 1 aromatic carbocycles. The van der Waals surface area contributed by atoms with Gasteiger partial charge in [-0.3, -0.25) is 0 Å². The fraction of sp³-hybridized carbons (Fsp3) is 0.500. The molecule has 0 nitrogen and oxygen atoms in total. The second-order valence-corrected chi connectivity index (χ2v) is 5.66. The van der Waals surface area contributed by atoms with E-state index in [1.54, 1.807) is 5.57 Å². The number of hydrogen-bond acceptors (Lipinski definition) is 0. The predicted molar refractivity (Wildman–Crippen MR) is 79.5 cm³/mol. The molecule has 0 unspecified atom stereocenters. The van der Waals surface area contributed by atoms with Crippen molar-refractivity contribution in [2.75, 3.05) is 5.33 Å². The van der Waals surface area contributed by atoms with E-state index in [0.717, 1.165) is 11.2 Å². The van der Waals surface area contributed by atoms with Gasteiger partial charge in [-0.15, -0.1) is 0 Å². The second kappa shape index (κ2) is 6.39. The first-order valence-corrected chi connectivity index (χ1v) is 7.75. The molecule has 0 aromatic heterocycles. The van der Waals surface area contributed by atoms with Gasteiger partial charge in [-0.05, 0) is 31.2 Å². The molecule has 0 N–H and O–H groups in total. The van der Waals surface area contributed by atoms with E-state index < -0.39 is 0 Å². The van der Waals surface area contributed by atoms with Crippen molar-refractivity contribution in [3.05, 3.63) is 41.0 Å². The molecule has 2 rings (SSSR count). The smallest absolute Gasteiger partial charge is 0.0247 e. The highest BCUT2D eigenvalue weighted by molar-refractivity contribution is 9.09. The monoisotopic (exact) mass is 292 g/mol. The Kier molecular flexibility index (Phi) is 4.85. The maximum atomic E-state index is 3.66. The van der Waals surface area contributed by atoms with Crippen LogP contribution in [0.5, 0.6) is 0 Å². The summed E-state index contributed by atoms with van der Waals surface area (Å²) in [6.07, 6.45) is 9.38. The molecule has 0 bridgehead atoms. The Morgan fingerprint density at radius 3 is 2.71 bits per heavy atom. The SMILES string of the molecule is Cc1cccc(C=C(CBr)C2CCCCC2)c1. The van der Waals surface area contributed by atoms with Gasteiger partial charge in [0.2, 0.25) is 0 Å². The van der Waals surface area contributed by atoms with E-state index in [-0.39, 0.29) is 0 Å². The summed E-state index contributed by atoms with van der Waals surface area (Å²) in [5.41, 5.74) is 4.27. The molecule has 0 spiro atoms. The fourth-order valence-electron chi connectivity index (χ4n) is 2.71. The summed E-state index contributed by atoms with van der Waals surface area (Å²) in [7, 11) is 0. The molecule has 0 heterocycles. The summed E-state index contributed by atoms with van der Waals surface area (Å²) in [6, 6.07) is 8.78. The van der Waals surface area contributed by atoms with Gasteiger partial charge in [-0.1, -0.05) is 76.7 Å². The van der Waals surface area contributed by atoms with Crippen LogP contribution in [0.3, 0.4) is 0 Å². The van der Waals surface area contributed by atoms with Gasteiger partial charge < -0.3 is 0 Å². The summed E-state index contributed by atoms with van der Waals surface area (Å²) in [5.74, 6) is 0.809. The maximum Gasteiger partial charge on any atom is 0.0247 e. The van der Waals surface area contributed by atoms with Crippen LogP contribution in [0.15, 0.2) is 29.8 Å². The fourth-order valence-corrected chi connectivity index (χ4v) is 3.33. The lowest BCUT2D eigenvalue weighted by molar-refractivity contribution is 0.405. The average molecular weight is 293 g/mol. The number of rotatable bonds is 3. The van der Waals surface area contributed by atoms with Gasteiger partial charge in [-0.2, -0.15) is 0 Å². The minimum Gasteiger partial charge on any atom is -0.0880 e. The molecule has 0 radical (unpaired) electrons. The van der Waals surface area contributed by atoms with Gasteiger partial charge >= 0.3 is 0 Å². The third-order valence-corrected chi connectivity index (χ3v) is 4.33. The van der Waals surface area contributed by atoms with E-state index in [1.165, 1.54) is 43.2 Å². The third-order valence-electron chi connectivity index (χ3n) is 3.68. The lowest BCUT2D eigenvalue weighted by Gasteiger charge is -2.23. The van der Waals surface area contributed by atoms with Crippen molar-refractivity contribution in [3.8, 4) is 0 Å². The number of hydrogen-bond donors (Lipinski definition) is 0. The molecule has 1 saturated carbocycles. The maximum absolute atomic E-state index is 3.66. The summed E-state index contributed by atoms with van der Waals surface area (Å²) in [5, 5.41) is 1.02. The highest BCUT2D eigenvalue weighted by Crippen LogP contribution is 2.31. The number of benzene rings is 1. The van der Waals surface area contributed by atoms with Crippen molar-refractivity contribution in [2.45, 2.75) is 39.0 Å². The van der Waals surface area contributed by atoms with E-state index in [0.29, 0.717) is 0 Å². The highest BCUT2D eigenvalue weighted by Gasteiger charge is 2.16. The van der Waals surface area contributed by atoms with Gasteiger partial charge in [0.25, 0.3) is 0 Å². The molecular weight excluding hydrogens is 272 g/mol. The van der Waals surface area contributed by atoms with E-state index >= 15 is 0 Å². The molecule has 0 amide bonds. The first-order valence-electron chi connectivity index (χ1n) is 6.62. The van der Waals surface area contributed by atoms with Gasteiger partial charge in [0.05, 0.1) is 0 Å². The topological polar surface area (TPSA) is 0 Å². The first-order chi connectivity index (χ1) is 8.29. The molecule has 0 saturated heterocycles. The molecular formula is C16H21Br. The largest absolute Gasteiger partial charge is 0.0880 e. The van der Waals surface area contributed by atoms with Crippen molar-refractivity contribution in [1.29, 1.82) is 0 Å². The Morgan fingerprint density at radius 2 is 2.06 bits per heavy atom. The van der Waals surface area contributed by atoms with Gasteiger partial charge in [0.1, 0.15) is 0 Å². The zero-order valence-corrected chi connectivity index (χ0v) is 12.2. The molecule has 1 fully saturated rings. The molecule has 92 valence electrons. The Labute approximate surface area is 113 Å². The highest BCUT2D eigenvalue weighted by atomic mass is 79.9.